The number of oxazole rings is 1. The van der Waals surface area contributed by atoms with Crippen LogP contribution >= 0.6 is 0 Å². The predicted molar refractivity (Wildman–Crippen MR) is 58.3 cm³/mol. The maximum Gasteiger partial charge on any atom is 1.00 e. The molecule has 0 N–H and O–H groups in total. The third kappa shape index (κ3) is 1.90. The van der Waals surface area contributed by atoms with E-state index in [1.165, 1.54) is 0 Å². The molecule has 1 heterocycles. The summed E-state index contributed by atoms with van der Waals surface area (Å²) in [4.78, 5) is 4.39. The smallest absolute Gasteiger partial charge is 0.481 e. The van der Waals surface area contributed by atoms with Crippen LogP contribution in [0, 0.1) is 6.07 Å². The van der Waals surface area contributed by atoms with Gasteiger partial charge in [0.25, 0.3) is 0 Å². The molecule has 2 nitrogen and oxygen atoms in total. The van der Waals surface area contributed by atoms with Crippen molar-refractivity contribution in [2.24, 2.45) is 0 Å². The van der Waals surface area contributed by atoms with Gasteiger partial charge in [0.15, 0.2) is 0 Å². The van der Waals surface area contributed by atoms with Crippen LogP contribution in [0.25, 0.3) is 22.6 Å². The molecule has 0 aliphatic carbocycles. The second kappa shape index (κ2) is 4.57. The minimum atomic E-state index is 0. The number of hydrogen-bond acceptors (Lipinski definition) is 2. The fourth-order valence-corrected chi connectivity index (χ4v) is 1.51. The van der Waals surface area contributed by atoms with Crippen molar-refractivity contribution in [1.29, 1.82) is 0 Å². The maximum absolute atomic E-state index is 5.61. The maximum atomic E-state index is 5.61. The summed E-state index contributed by atoms with van der Waals surface area (Å²) in [5.41, 5.74) is 2.57. The summed E-state index contributed by atoms with van der Waals surface area (Å²) < 4.78 is 5.61. The van der Waals surface area contributed by atoms with Gasteiger partial charge in [-0.25, -0.2) is 0 Å². The zero-order valence-electron chi connectivity index (χ0n) is 8.97. The summed E-state index contributed by atoms with van der Waals surface area (Å²) in [5, 5.41) is 0. The van der Waals surface area contributed by atoms with Gasteiger partial charge in [-0.05, 0) is 12.1 Å². The Morgan fingerprint density at radius 1 is 1.00 bits per heavy atom. The van der Waals surface area contributed by atoms with Crippen LogP contribution < -0.4 is 18.9 Å². The molecule has 0 fully saturated rings. The summed E-state index contributed by atoms with van der Waals surface area (Å²) in [6.45, 7) is 0. The molecule has 16 heavy (non-hydrogen) atoms. The summed E-state index contributed by atoms with van der Waals surface area (Å²) in [6, 6.07) is 18.5. The average Bonchev–Trinajstić information content (AvgIpc) is 2.74. The summed E-state index contributed by atoms with van der Waals surface area (Å²) >= 11 is 0. The second-order valence-electron chi connectivity index (χ2n) is 3.26. The van der Waals surface area contributed by atoms with Crippen LogP contribution in [0.5, 0.6) is 0 Å². The third-order valence-electron chi connectivity index (χ3n) is 2.23. The fourth-order valence-electron chi connectivity index (χ4n) is 1.51. The minimum absolute atomic E-state index is 0. The molecule has 0 unspecified atom stereocenters. The molecule has 0 saturated carbocycles. The standard InChI is InChI=1S/C13H8NO.Li/c1-2-6-10(7-3-1)13-14-11-8-4-5-9-12(11)15-13;/h1-6,8-9H;/q-1;+1. The molecular weight excluding hydrogens is 193 g/mol. The molecule has 3 heteroatoms. The first-order valence-corrected chi connectivity index (χ1v) is 4.76. The monoisotopic (exact) mass is 201 g/mol. The van der Waals surface area contributed by atoms with E-state index in [0.717, 1.165) is 16.7 Å². The minimum Gasteiger partial charge on any atom is -0.481 e. The number of fused-ring (bicyclic) bond motifs is 1. The van der Waals surface area contributed by atoms with E-state index in [-0.39, 0.29) is 18.9 Å². The van der Waals surface area contributed by atoms with Gasteiger partial charge in [0.05, 0.1) is 5.52 Å². The number of nitrogens with zero attached hydrogens (tertiary/aromatic N) is 1. The Bertz CT molecular complexity index is 556. The van der Waals surface area contributed by atoms with Gasteiger partial charge in [-0.1, -0.05) is 17.7 Å². The van der Waals surface area contributed by atoms with Crippen molar-refractivity contribution in [2.75, 3.05) is 0 Å². The molecule has 72 valence electrons. The van der Waals surface area contributed by atoms with Crippen LogP contribution in [0.4, 0.5) is 0 Å². The van der Waals surface area contributed by atoms with Crippen LogP contribution in [-0.4, -0.2) is 4.98 Å². The normalized spacial score (nSPS) is 10.0. The first-order chi connectivity index (χ1) is 7.43. The van der Waals surface area contributed by atoms with Crippen molar-refractivity contribution in [1.82, 2.24) is 4.98 Å². The Balaban J connectivity index is 0.000000963. The van der Waals surface area contributed by atoms with E-state index < -0.39 is 0 Å². The van der Waals surface area contributed by atoms with Gasteiger partial charge in [0, 0.05) is 0 Å². The number of benzene rings is 2. The molecule has 1 aromatic heterocycles. The molecule has 0 spiro atoms. The van der Waals surface area contributed by atoms with Gasteiger partial charge in [-0.2, -0.15) is 0 Å². The molecule has 0 atom stereocenters. The van der Waals surface area contributed by atoms with Crippen molar-refractivity contribution in [3.05, 3.63) is 54.6 Å². The summed E-state index contributed by atoms with van der Waals surface area (Å²) in [7, 11) is 0. The Morgan fingerprint density at radius 3 is 2.56 bits per heavy atom. The average molecular weight is 201 g/mol. The van der Waals surface area contributed by atoms with Gasteiger partial charge in [0.1, 0.15) is 11.5 Å². The molecule has 0 bridgehead atoms. The molecular formula is C13H8LiNO. The largest absolute Gasteiger partial charge is 1.00 e. The van der Waals surface area contributed by atoms with Crippen molar-refractivity contribution < 1.29 is 23.3 Å². The van der Waals surface area contributed by atoms with Crippen molar-refractivity contribution >= 4 is 11.1 Å². The van der Waals surface area contributed by atoms with E-state index in [2.05, 4.69) is 11.1 Å². The summed E-state index contributed by atoms with van der Waals surface area (Å²) in [6.07, 6.45) is 0. The van der Waals surface area contributed by atoms with E-state index in [1.54, 1.807) is 0 Å². The van der Waals surface area contributed by atoms with Crippen LogP contribution in [0.1, 0.15) is 0 Å². The molecule has 0 radical (unpaired) electrons. The van der Waals surface area contributed by atoms with Gasteiger partial charge in [-0.15, -0.1) is 30.3 Å². The Labute approximate surface area is 105 Å². The molecule has 0 aliphatic heterocycles. The van der Waals surface area contributed by atoms with Gasteiger partial charge in [0.2, 0.25) is 0 Å². The number of hydrogen-bond donors (Lipinski definition) is 0. The van der Waals surface area contributed by atoms with E-state index in [0.29, 0.717) is 5.89 Å². The molecule has 2 aromatic carbocycles. The number of aromatic nitrogens is 1. The van der Waals surface area contributed by atoms with Crippen LogP contribution in [0.2, 0.25) is 0 Å². The molecule has 3 rings (SSSR count). The van der Waals surface area contributed by atoms with Crippen LogP contribution in [-0.2, 0) is 0 Å². The van der Waals surface area contributed by atoms with Gasteiger partial charge in [-0.3, -0.25) is 4.98 Å². The third-order valence-corrected chi connectivity index (χ3v) is 2.23. The Kier molecular flexibility index (Phi) is 3.14. The quantitative estimate of drug-likeness (QED) is 0.418. The first-order valence-electron chi connectivity index (χ1n) is 4.76. The topological polar surface area (TPSA) is 26.0 Å². The first kappa shape index (κ1) is 11.0. The van der Waals surface area contributed by atoms with Crippen LogP contribution in [0.3, 0.4) is 0 Å². The second-order valence-corrected chi connectivity index (χ2v) is 3.26. The number of rotatable bonds is 1. The van der Waals surface area contributed by atoms with Crippen molar-refractivity contribution in [3.8, 4) is 11.5 Å². The van der Waals surface area contributed by atoms with E-state index in [9.17, 15) is 0 Å². The van der Waals surface area contributed by atoms with Crippen LogP contribution in [0.15, 0.2) is 52.9 Å². The fraction of sp³-hybridized carbons (Fsp3) is 0. The van der Waals surface area contributed by atoms with E-state index in [1.807, 2.05) is 48.5 Å². The SMILES string of the molecule is [Li+].[c-]1ccccc1-c1nc2ccccc2o1. The predicted octanol–water partition coefficient (Wildman–Crippen LogP) is 0.299. The Morgan fingerprint density at radius 2 is 1.81 bits per heavy atom. The number of para-hydroxylation sites is 2. The molecule has 0 amide bonds. The zero-order valence-corrected chi connectivity index (χ0v) is 8.97. The van der Waals surface area contributed by atoms with Crippen molar-refractivity contribution in [2.45, 2.75) is 0 Å². The van der Waals surface area contributed by atoms with Gasteiger partial charge < -0.3 is 4.42 Å². The zero-order chi connectivity index (χ0) is 10.1. The van der Waals surface area contributed by atoms with Gasteiger partial charge >= 0.3 is 18.9 Å². The van der Waals surface area contributed by atoms with E-state index >= 15 is 0 Å². The molecule has 0 saturated heterocycles. The summed E-state index contributed by atoms with van der Waals surface area (Å²) in [5.74, 6) is 0.622. The Hall–Kier alpha value is -1.49. The molecule has 3 aromatic rings. The van der Waals surface area contributed by atoms with E-state index in [4.69, 9.17) is 4.42 Å². The van der Waals surface area contributed by atoms with Crippen molar-refractivity contribution in [3.63, 3.8) is 0 Å². The molecule has 0 aliphatic rings.